The number of nitrogens with zero attached hydrogens (tertiary/aromatic N) is 2. The van der Waals surface area contributed by atoms with Crippen LogP contribution >= 0.6 is 23.7 Å². The van der Waals surface area contributed by atoms with Gasteiger partial charge in [0.2, 0.25) is 0 Å². The zero-order valence-corrected chi connectivity index (χ0v) is 14.3. The average molecular weight is 340 g/mol. The highest BCUT2D eigenvalue weighted by molar-refractivity contribution is 7.11. The third-order valence-electron chi connectivity index (χ3n) is 3.92. The van der Waals surface area contributed by atoms with Gasteiger partial charge in [-0.3, -0.25) is 4.90 Å². The molecule has 22 heavy (non-hydrogen) atoms. The highest BCUT2D eigenvalue weighted by Gasteiger charge is 2.31. The van der Waals surface area contributed by atoms with Crippen LogP contribution in [-0.4, -0.2) is 36.1 Å². The van der Waals surface area contributed by atoms with E-state index in [1.807, 2.05) is 6.20 Å². The van der Waals surface area contributed by atoms with Crippen molar-refractivity contribution in [2.45, 2.75) is 25.1 Å². The first-order chi connectivity index (χ1) is 10.3. The molecule has 4 nitrogen and oxygen atoms in total. The van der Waals surface area contributed by atoms with E-state index in [4.69, 9.17) is 10.5 Å². The summed E-state index contributed by atoms with van der Waals surface area (Å²) in [4.78, 5) is 8.05. The maximum Gasteiger partial charge on any atom is 0.107 e. The second-order valence-electron chi connectivity index (χ2n) is 5.53. The summed E-state index contributed by atoms with van der Waals surface area (Å²) in [6, 6.07) is 10.8. The van der Waals surface area contributed by atoms with Gasteiger partial charge in [0, 0.05) is 38.4 Å². The summed E-state index contributed by atoms with van der Waals surface area (Å²) in [7, 11) is 1.71. The highest BCUT2D eigenvalue weighted by atomic mass is 35.5. The molecule has 1 aliphatic rings. The number of aromatic nitrogens is 1. The molecule has 0 spiro atoms. The van der Waals surface area contributed by atoms with Crippen LogP contribution in [0.25, 0.3) is 0 Å². The molecule has 1 aliphatic heterocycles. The van der Waals surface area contributed by atoms with E-state index in [2.05, 4.69) is 40.2 Å². The van der Waals surface area contributed by atoms with Crippen LogP contribution in [0.1, 0.15) is 21.4 Å². The fraction of sp³-hybridized carbons (Fsp3) is 0.438. The molecule has 2 N–H and O–H groups in total. The van der Waals surface area contributed by atoms with Crippen molar-refractivity contribution in [2.24, 2.45) is 5.73 Å². The zero-order valence-electron chi connectivity index (χ0n) is 12.6. The van der Waals surface area contributed by atoms with Crippen LogP contribution in [0.4, 0.5) is 0 Å². The van der Waals surface area contributed by atoms with Crippen molar-refractivity contribution in [3.63, 3.8) is 0 Å². The lowest BCUT2D eigenvalue weighted by Gasteiger charge is -2.14. The molecule has 0 bridgehead atoms. The van der Waals surface area contributed by atoms with E-state index in [0.717, 1.165) is 24.6 Å². The Morgan fingerprint density at radius 2 is 2.09 bits per heavy atom. The Hall–Kier alpha value is -0.980. The standard InChI is InChI=1S/C16H21N3OS.ClH/c1-20-11-13-7-18-16(21-13)10-19-8-14(15(17)9-19)12-5-3-2-4-6-12;/h2-7,14-15H,8-11,17H2,1H3;1H/t14-,15+;/m0./s1. The molecule has 0 amide bonds. The van der Waals surface area contributed by atoms with Crippen LogP contribution in [0, 0.1) is 0 Å². The molecule has 2 aromatic rings. The number of rotatable bonds is 5. The Kier molecular flexibility index (Phi) is 6.35. The molecule has 1 aromatic heterocycles. The summed E-state index contributed by atoms with van der Waals surface area (Å²) in [5.41, 5.74) is 7.67. The fourth-order valence-corrected chi connectivity index (χ4v) is 3.85. The van der Waals surface area contributed by atoms with Crippen LogP contribution in [-0.2, 0) is 17.9 Å². The Balaban J connectivity index is 0.00000176. The van der Waals surface area contributed by atoms with E-state index >= 15 is 0 Å². The van der Waals surface area contributed by atoms with Crippen molar-refractivity contribution in [3.8, 4) is 0 Å². The second kappa shape index (κ2) is 8.04. The van der Waals surface area contributed by atoms with Crippen molar-refractivity contribution < 1.29 is 4.74 Å². The van der Waals surface area contributed by atoms with Gasteiger partial charge < -0.3 is 10.5 Å². The molecule has 2 atom stereocenters. The Morgan fingerprint density at radius 1 is 1.32 bits per heavy atom. The molecule has 120 valence electrons. The minimum absolute atomic E-state index is 0. The second-order valence-corrected chi connectivity index (χ2v) is 6.73. The fourth-order valence-electron chi connectivity index (χ4n) is 2.92. The third-order valence-corrected chi connectivity index (χ3v) is 4.87. The van der Waals surface area contributed by atoms with Crippen molar-refractivity contribution in [3.05, 3.63) is 52.0 Å². The van der Waals surface area contributed by atoms with Gasteiger partial charge in [-0.2, -0.15) is 0 Å². The number of thiazole rings is 1. The van der Waals surface area contributed by atoms with Crippen LogP contribution in [0.15, 0.2) is 36.5 Å². The molecular formula is C16H22ClN3OS. The molecule has 0 radical (unpaired) electrons. The largest absolute Gasteiger partial charge is 0.379 e. The lowest BCUT2D eigenvalue weighted by molar-refractivity contribution is 0.187. The van der Waals surface area contributed by atoms with Gasteiger partial charge in [0.25, 0.3) is 0 Å². The van der Waals surface area contributed by atoms with Crippen molar-refractivity contribution in [2.75, 3.05) is 20.2 Å². The van der Waals surface area contributed by atoms with Gasteiger partial charge in [0.1, 0.15) is 5.01 Å². The van der Waals surface area contributed by atoms with E-state index in [-0.39, 0.29) is 18.4 Å². The van der Waals surface area contributed by atoms with Gasteiger partial charge in [0.05, 0.1) is 18.0 Å². The minimum Gasteiger partial charge on any atom is -0.379 e. The first-order valence-electron chi connectivity index (χ1n) is 7.21. The first kappa shape index (κ1) is 17.4. The lowest BCUT2D eigenvalue weighted by Crippen LogP contribution is -2.28. The normalized spacial score (nSPS) is 21.7. The van der Waals surface area contributed by atoms with Gasteiger partial charge in [0.15, 0.2) is 0 Å². The summed E-state index contributed by atoms with van der Waals surface area (Å²) < 4.78 is 5.14. The molecule has 2 heterocycles. The Labute approximate surface area is 141 Å². The van der Waals surface area contributed by atoms with Crippen LogP contribution in [0.5, 0.6) is 0 Å². The van der Waals surface area contributed by atoms with Crippen LogP contribution in [0.3, 0.4) is 0 Å². The Bertz CT molecular complexity index is 578. The number of halogens is 1. The predicted molar refractivity (Wildman–Crippen MR) is 92.5 cm³/mol. The molecule has 0 saturated carbocycles. The van der Waals surface area contributed by atoms with E-state index in [0.29, 0.717) is 12.5 Å². The summed E-state index contributed by atoms with van der Waals surface area (Å²) in [5.74, 6) is 0.421. The van der Waals surface area contributed by atoms with Gasteiger partial charge in [-0.1, -0.05) is 30.3 Å². The first-order valence-corrected chi connectivity index (χ1v) is 8.03. The maximum atomic E-state index is 6.33. The number of benzene rings is 1. The van der Waals surface area contributed by atoms with Gasteiger partial charge in [-0.15, -0.1) is 23.7 Å². The number of nitrogens with two attached hydrogens (primary N) is 1. The number of ether oxygens (including phenoxy) is 1. The third kappa shape index (κ3) is 4.06. The maximum absolute atomic E-state index is 6.33. The molecular weight excluding hydrogens is 318 g/mol. The van der Waals surface area contributed by atoms with Crippen LogP contribution < -0.4 is 5.73 Å². The van der Waals surface area contributed by atoms with Crippen LogP contribution in [0.2, 0.25) is 0 Å². The summed E-state index contributed by atoms with van der Waals surface area (Å²) in [6.07, 6.45) is 1.91. The van der Waals surface area contributed by atoms with E-state index in [1.165, 1.54) is 10.4 Å². The van der Waals surface area contributed by atoms with E-state index < -0.39 is 0 Å². The highest BCUT2D eigenvalue weighted by Crippen LogP contribution is 2.28. The van der Waals surface area contributed by atoms with E-state index in [9.17, 15) is 0 Å². The van der Waals surface area contributed by atoms with Crippen molar-refractivity contribution in [1.29, 1.82) is 0 Å². The topological polar surface area (TPSA) is 51.4 Å². The minimum atomic E-state index is 0. The van der Waals surface area contributed by atoms with Gasteiger partial charge >= 0.3 is 0 Å². The number of hydrogen-bond donors (Lipinski definition) is 1. The smallest absolute Gasteiger partial charge is 0.107 e. The molecule has 1 aromatic carbocycles. The molecule has 6 heteroatoms. The van der Waals surface area contributed by atoms with E-state index in [1.54, 1.807) is 18.4 Å². The molecule has 3 rings (SSSR count). The average Bonchev–Trinajstić information content (AvgIpc) is 3.07. The number of methoxy groups -OCH3 is 1. The summed E-state index contributed by atoms with van der Waals surface area (Å²) in [6.45, 7) is 3.46. The quantitative estimate of drug-likeness (QED) is 0.909. The lowest BCUT2D eigenvalue weighted by atomic mass is 9.95. The Morgan fingerprint density at radius 3 is 2.82 bits per heavy atom. The monoisotopic (exact) mass is 339 g/mol. The molecule has 0 unspecified atom stereocenters. The van der Waals surface area contributed by atoms with Gasteiger partial charge in [-0.05, 0) is 5.56 Å². The molecule has 1 saturated heterocycles. The zero-order chi connectivity index (χ0) is 14.7. The molecule has 1 fully saturated rings. The van der Waals surface area contributed by atoms with Crippen molar-refractivity contribution >= 4 is 23.7 Å². The number of likely N-dealkylation sites (tertiary alicyclic amines) is 1. The predicted octanol–water partition coefficient (Wildman–Crippen LogP) is 2.64. The summed E-state index contributed by atoms with van der Waals surface area (Å²) in [5, 5.41) is 1.14. The molecule has 0 aliphatic carbocycles. The van der Waals surface area contributed by atoms with Gasteiger partial charge in [-0.25, -0.2) is 4.98 Å². The number of hydrogen-bond acceptors (Lipinski definition) is 5. The van der Waals surface area contributed by atoms with Crippen molar-refractivity contribution in [1.82, 2.24) is 9.88 Å². The summed E-state index contributed by atoms with van der Waals surface area (Å²) >= 11 is 1.72. The SMILES string of the molecule is COCc1cnc(CN2C[C@@H](N)[C@H](c3ccccc3)C2)s1.Cl.